The third-order valence-corrected chi connectivity index (χ3v) is 4.99. The quantitative estimate of drug-likeness (QED) is 0.738. The molecule has 0 atom stereocenters. The van der Waals surface area contributed by atoms with E-state index < -0.39 is 11.9 Å². The first kappa shape index (κ1) is 17.4. The second-order valence-electron chi connectivity index (χ2n) is 6.99. The number of aryl methyl sites for hydroxylation is 2. The Morgan fingerprint density at radius 2 is 2.03 bits per heavy atom. The number of aromatic nitrogens is 2. The Morgan fingerprint density at radius 3 is 2.83 bits per heavy atom. The summed E-state index contributed by atoms with van der Waals surface area (Å²) >= 11 is 0. The van der Waals surface area contributed by atoms with Gasteiger partial charge in [-0.2, -0.15) is 4.39 Å². The van der Waals surface area contributed by atoms with Crippen LogP contribution in [0.15, 0.2) is 38.8 Å². The van der Waals surface area contributed by atoms with Crippen molar-refractivity contribution in [1.29, 1.82) is 0 Å². The van der Waals surface area contributed by atoms with Crippen LogP contribution in [0.25, 0.3) is 11.1 Å². The topological polar surface area (TPSA) is 92.7 Å². The van der Waals surface area contributed by atoms with Gasteiger partial charge in [0.15, 0.2) is 11.6 Å². The van der Waals surface area contributed by atoms with Gasteiger partial charge < -0.3 is 9.73 Å². The largest absolute Gasteiger partial charge is 0.445 e. The summed E-state index contributed by atoms with van der Waals surface area (Å²) in [6, 6.07) is 5.60. The van der Waals surface area contributed by atoms with Gasteiger partial charge in [0.05, 0.1) is 30.0 Å². The van der Waals surface area contributed by atoms with E-state index in [0.717, 1.165) is 22.4 Å². The molecule has 144 valence electrons. The summed E-state index contributed by atoms with van der Waals surface area (Å²) in [6.07, 6.45) is 3.55. The summed E-state index contributed by atoms with van der Waals surface area (Å²) in [5.41, 5.74) is 5.08. The molecule has 0 radical (unpaired) electrons. The maximum atomic E-state index is 14.4. The molecule has 0 bridgehead atoms. The summed E-state index contributed by atoms with van der Waals surface area (Å²) < 4.78 is 19.7. The highest BCUT2D eigenvalue weighted by atomic mass is 19.1. The number of nitrogens with one attached hydrogen (secondary N) is 1. The molecule has 0 spiro atoms. The highest BCUT2D eigenvalue weighted by molar-refractivity contribution is 6.10. The fourth-order valence-corrected chi connectivity index (χ4v) is 3.63. The zero-order valence-corrected chi connectivity index (χ0v) is 15.8. The van der Waals surface area contributed by atoms with Gasteiger partial charge in [0.1, 0.15) is 5.76 Å². The predicted molar refractivity (Wildman–Crippen MR) is 106 cm³/mol. The van der Waals surface area contributed by atoms with Crippen LogP contribution in [0.2, 0.25) is 0 Å². The fraction of sp³-hybridized carbons (Fsp3) is 0.190. The molecule has 4 heterocycles. The molecule has 0 fully saturated rings. The number of nitrogens with zero attached hydrogens (tertiary/aromatic N) is 4. The third-order valence-electron chi connectivity index (χ3n) is 4.99. The van der Waals surface area contributed by atoms with Crippen LogP contribution in [0, 0.1) is 13.8 Å². The van der Waals surface area contributed by atoms with Gasteiger partial charge in [-0.1, -0.05) is 0 Å². The van der Waals surface area contributed by atoms with E-state index in [9.17, 15) is 9.18 Å². The summed E-state index contributed by atoms with van der Waals surface area (Å²) in [5, 5.41) is 2.78. The minimum absolute atomic E-state index is 0.174. The first-order chi connectivity index (χ1) is 14.0. The Kier molecular flexibility index (Phi) is 3.87. The van der Waals surface area contributed by atoms with Crippen molar-refractivity contribution >= 4 is 23.8 Å². The van der Waals surface area contributed by atoms with Crippen LogP contribution >= 0.6 is 0 Å². The van der Waals surface area contributed by atoms with Crippen molar-refractivity contribution in [3.63, 3.8) is 0 Å². The average Bonchev–Trinajstić information content (AvgIpc) is 3.39. The van der Waals surface area contributed by atoms with Crippen LogP contribution in [0.5, 0.6) is 0 Å². The van der Waals surface area contributed by atoms with Gasteiger partial charge in [0, 0.05) is 30.5 Å². The van der Waals surface area contributed by atoms with E-state index >= 15 is 0 Å². The molecule has 29 heavy (non-hydrogen) atoms. The standard InChI is InChI=1S/C21H16FN5O2/c1-10-19(26-11(2)29-10)21(28)27-16-5-12(3-15-8-25-20(22)18(15)16)13-4-14-6-23-9-17(14)24-7-13/h3-7H,8-9H2,1-2H3,(H,27,28). The van der Waals surface area contributed by atoms with Crippen molar-refractivity contribution in [2.75, 3.05) is 5.32 Å². The van der Waals surface area contributed by atoms with E-state index in [0.29, 0.717) is 35.0 Å². The van der Waals surface area contributed by atoms with Crippen molar-refractivity contribution in [1.82, 2.24) is 9.97 Å². The molecule has 0 saturated heterocycles. The van der Waals surface area contributed by atoms with Gasteiger partial charge in [-0.3, -0.25) is 19.8 Å². The SMILES string of the molecule is Cc1nc(C(=O)Nc2cc(-c3cnc4c(c3)C=NC4)cc3c2C(F)=NC3)c(C)o1. The second-order valence-corrected chi connectivity index (χ2v) is 6.99. The van der Waals surface area contributed by atoms with Crippen molar-refractivity contribution in [3.8, 4) is 11.1 Å². The Labute approximate surface area is 165 Å². The van der Waals surface area contributed by atoms with Crippen molar-refractivity contribution in [2.45, 2.75) is 26.9 Å². The molecule has 2 aliphatic heterocycles. The van der Waals surface area contributed by atoms with Crippen LogP contribution in [-0.4, -0.2) is 28.1 Å². The normalized spacial score (nSPS) is 14.0. The van der Waals surface area contributed by atoms with Crippen LogP contribution in [-0.2, 0) is 13.1 Å². The molecule has 0 unspecified atom stereocenters. The predicted octanol–water partition coefficient (Wildman–Crippen LogP) is 3.77. The molecular weight excluding hydrogens is 373 g/mol. The number of hydrogen-bond donors (Lipinski definition) is 1. The van der Waals surface area contributed by atoms with Gasteiger partial charge >= 0.3 is 0 Å². The smallest absolute Gasteiger partial charge is 0.277 e. The third kappa shape index (κ3) is 2.93. The highest BCUT2D eigenvalue weighted by Gasteiger charge is 2.25. The lowest BCUT2D eigenvalue weighted by atomic mass is 9.98. The maximum absolute atomic E-state index is 14.4. The summed E-state index contributed by atoms with van der Waals surface area (Å²) in [6.45, 7) is 4.13. The number of anilines is 1. The average molecular weight is 389 g/mol. The lowest BCUT2D eigenvalue weighted by Crippen LogP contribution is -2.16. The number of carbonyl (C=O) groups is 1. The molecule has 8 heteroatoms. The van der Waals surface area contributed by atoms with Gasteiger partial charge in [-0.05, 0) is 36.2 Å². The van der Waals surface area contributed by atoms with E-state index in [1.165, 1.54) is 0 Å². The number of pyridine rings is 1. The van der Waals surface area contributed by atoms with Gasteiger partial charge in [-0.15, -0.1) is 0 Å². The highest BCUT2D eigenvalue weighted by Crippen LogP contribution is 2.34. The second kappa shape index (κ2) is 6.44. The lowest BCUT2D eigenvalue weighted by molar-refractivity contribution is 0.102. The molecule has 1 amide bonds. The minimum Gasteiger partial charge on any atom is -0.445 e. The molecule has 0 saturated carbocycles. The number of aliphatic imine (C=N–C) groups is 2. The molecule has 7 nitrogen and oxygen atoms in total. The molecule has 1 N–H and O–H groups in total. The lowest BCUT2D eigenvalue weighted by Gasteiger charge is -2.13. The molecule has 5 rings (SSSR count). The number of carbonyl (C=O) groups excluding carboxylic acids is 1. The number of hydrogen-bond acceptors (Lipinski definition) is 6. The first-order valence-electron chi connectivity index (χ1n) is 9.11. The number of benzene rings is 1. The molecule has 0 aliphatic carbocycles. The van der Waals surface area contributed by atoms with E-state index in [2.05, 4.69) is 25.3 Å². The van der Waals surface area contributed by atoms with E-state index in [1.54, 1.807) is 32.3 Å². The van der Waals surface area contributed by atoms with Crippen LogP contribution in [0.1, 0.15) is 44.5 Å². The summed E-state index contributed by atoms with van der Waals surface area (Å²) in [7, 11) is 0. The van der Waals surface area contributed by atoms with Crippen LogP contribution in [0.4, 0.5) is 10.1 Å². The number of fused-ring (bicyclic) bond motifs is 2. The molecule has 1 aromatic carbocycles. The Morgan fingerprint density at radius 1 is 1.17 bits per heavy atom. The zero-order chi connectivity index (χ0) is 20.1. The number of halogens is 1. The van der Waals surface area contributed by atoms with Crippen molar-refractivity contribution in [2.24, 2.45) is 9.98 Å². The number of rotatable bonds is 3. The summed E-state index contributed by atoms with van der Waals surface area (Å²) in [4.78, 5) is 29.4. The monoisotopic (exact) mass is 389 g/mol. The molecular formula is C21H16FN5O2. The Bertz CT molecular complexity index is 1240. The van der Waals surface area contributed by atoms with E-state index in [1.807, 2.05) is 12.1 Å². The van der Waals surface area contributed by atoms with Crippen LogP contribution < -0.4 is 5.32 Å². The number of amides is 1. The number of oxazole rings is 1. The van der Waals surface area contributed by atoms with Crippen molar-refractivity contribution < 1.29 is 13.6 Å². The van der Waals surface area contributed by atoms with E-state index in [4.69, 9.17) is 4.42 Å². The minimum atomic E-state index is -0.589. The molecule has 2 aromatic heterocycles. The fourth-order valence-electron chi connectivity index (χ4n) is 3.63. The van der Waals surface area contributed by atoms with Crippen LogP contribution in [0.3, 0.4) is 0 Å². The summed E-state index contributed by atoms with van der Waals surface area (Å²) in [5.74, 6) is -0.249. The van der Waals surface area contributed by atoms with Gasteiger partial charge in [0.2, 0.25) is 5.97 Å². The van der Waals surface area contributed by atoms with Gasteiger partial charge in [-0.25, -0.2) is 4.98 Å². The Balaban J connectivity index is 1.57. The molecule has 3 aromatic rings. The maximum Gasteiger partial charge on any atom is 0.277 e. The van der Waals surface area contributed by atoms with E-state index in [-0.39, 0.29) is 12.2 Å². The van der Waals surface area contributed by atoms with Gasteiger partial charge in [0.25, 0.3) is 5.91 Å². The Hall–Kier alpha value is -3.68. The molecule has 2 aliphatic rings. The first-order valence-corrected chi connectivity index (χ1v) is 9.11. The zero-order valence-electron chi connectivity index (χ0n) is 15.8. The van der Waals surface area contributed by atoms with Crippen molar-refractivity contribution in [3.05, 3.63) is 64.1 Å².